The number of carbonyl (C=O) groups is 1. The lowest BCUT2D eigenvalue weighted by molar-refractivity contribution is 0.110. The molecule has 7 nitrogen and oxygen atoms in total. The molecule has 0 rings (SSSR count). The van der Waals surface area contributed by atoms with Gasteiger partial charge in [0.15, 0.2) is 0 Å². The summed E-state index contributed by atoms with van der Waals surface area (Å²) in [5.74, 6) is 0. The number of amides is 1. The van der Waals surface area contributed by atoms with Crippen LogP contribution in [0.3, 0.4) is 0 Å². The van der Waals surface area contributed by atoms with Gasteiger partial charge in [-0.05, 0) is 6.92 Å². The molecule has 0 atom stereocenters. The standard InChI is InChI=1S/C9H17N2O5P/c1-4-16-9(12)11(7-5-6-10)8-17(13,14-2)15-3/h4-5,7-8H2,1-3H3. The van der Waals surface area contributed by atoms with E-state index in [9.17, 15) is 9.36 Å². The molecule has 0 radical (unpaired) electrons. The summed E-state index contributed by atoms with van der Waals surface area (Å²) < 4.78 is 26.1. The maximum atomic E-state index is 11.9. The number of rotatable bonds is 7. The predicted octanol–water partition coefficient (Wildman–Crippen LogP) is 1.80. The minimum Gasteiger partial charge on any atom is -0.450 e. The molecule has 8 heteroatoms. The van der Waals surface area contributed by atoms with Crippen LogP contribution in [0.15, 0.2) is 0 Å². The molecule has 0 saturated heterocycles. The number of hydrogen-bond donors (Lipinski definition) is 0. The van der Waals surface area contributed by atoms with Crippen molar-refractivity contribution < 1.29 is 23.1 Å². The fourth-order valence-corrected chi connectivity index (χ4v) is 2.07. The molecule has 0 heterocycles. The van der Waals surface area contributed by atoms with Crippen LogP contribution in [-0.2, 0) is 18.3 Å². The van der Waals surface area contributed by atoms with Crippen molar-refractivity contribution in [2.24, 2.45) is 0 Å². The summed E-state index contributed by atoms with van der Waals surface area (Å²) in [7, 11) is -0.871. The van der Waals surface area contributed by atoms with Crippen molar-refractivity contribution in [3.63, 3.8) is 0 Å². The SMILES string of the molecule is CCOC(=O)N(CCC#N)CP(=O)(OC)OC. The quantitative estimate of drug-likeness (QED) is 0.651. The first-order valence-electron chi connectivity index (χ1n) is 5.02. The molecule has 0 aliphatic rings. The predicted molar refractivity (Wildman–Crippen MR) is 60.4 cm³/mol. The summed E-state index contributed by atoms with van der Waals surface area (Å²) >= 11 is 0. The highest BCUT2D eigenvalue weighted by Gasteiger charge is 2.28. The molecule has 17 heavy (non-hydrogen) atoms. The molecule has 0 aromatic carbocycles. The van der Waals surface area contributed by atoms with Crippen LogP contribution in [0, 0.1) is 11.3 Å². The van der Waals surface area contributed by atoms with Crippen LogP contribution in [0.25, 0.3) is 0 Å². The van der Waals surface area contributed by atoms with Crippen LogP contribution >= 0.6 is 7.60 Å². The molecule has 98 valence electrons. The Bertz CT molecular complexity index is 320. The zero-order valence-electron chi connectivity index (χ0n) is 10.2. The van der Waals surface area contributed by atoms with Crippen LogP contribution < -0.4 is 0 Å². The smallest absolute Gasteiger partial charge is 0.410 e. The lowest BCUT2D eigenvalue weighted by Crippen LogP contribution is -2.33. The van der Waals surface area contributed by atoms with Crippen molar-refractivity contribution in [2.75, 3.05) is 33.7 Å². The summed E-state index contributed by atoms with van der Waals surface area (Å²) in [5.41, 5.74) is 0. The van der Waals surface area contributed by atoms with Crippen LogP contribution in [0.4, 0.5) is 4.79 Å². The monoisotopic (exact) mass is 264 g/mol. The van der Waals surface area contributed by atoms with E-state index >= 15 is 0 Å². The second-order valence-electron chi connectivity index (χ2n) is 2.99. The first-order chi connectivity index (χ1) is 8.02. The summed E-state index contributed by atoms with van der Waals surface area (Å²) in [6.45, 7) is 1.98. The van der Waals surface area contributed by atoms with Gasteiger partial charge in [-0.25, -0.2) is 4.79 Å². The van der Waals surface area contributed by atoms with Gasteiger partial charge in [-0.15, -0.1) is 0 Å². The van der Waals surface area contributed by atoms with Crippen molar-refractivity contribution in [1.29, 1.82) is 5.26 Å². The Morgan fingerprint density at radius 2 is 2.00 bits per heavy atom. The molecule has 0 N–H and O–H groups in total. The minimum atomic E-state index is -3.34. The summed E-state index contributed by atoms with van der Waals surface area (Å²) in [6.07, 6.45) is -0.760. The fraction of sp³-hybridized carbons (Fsp3) is 0.778. The van der Waals surface area contributed by atoms with Crippen LogP contribution in [0.2, 0.25) is 0 Å². The number of carbonyl (C=O) groups excluding carboxylic acids is 1. The average molecular weight is 264 g/mol. The Hall–Kier alpha value is -1.09. The van der Waals surface area contributed by atoms with Crippen molar-refractivity contribution in [3.8, 4) is 6.07 Å². The Kier molecular flexibility index (Phi) is 7.55. The first-order valence-corrected chi connectivity index (χ1v) is 6.75. The molecule has 1 amide bonds. The summed E-state index contributed by atoms with van der Waals surface area (Å²) in [6, 6.07) is 1.90. The van der Waals surface area contributed by atoms with E-state index < -0.39 is 13.7 Å². The second-order valence-corrected chi connectivity index (χ2v) is 5.22. The maximum Gasteiger partial charge on any atom is 0.410 e. The normalized spacial score (nSPS) is 10.7. The Labute approximate surface area is 101 Å². The Balaban J connectivity index is 4.64. The van der Waals surface area contributed by atoms with E-state index in [0.29, 0.717) is 0 Å². The Morgan fingerprint density at radius 1 is 1.41 bits per heavy atom. The maximum absolute atomic E-state index is 11.9. The van der Waals surface area contributed by atoms with E-state index in [1.54, 1.807) is 6.92 Å². The van der Waals surface area contributed by atoms with Crippen LogP contribution in [-0.4, -0.2) is 44.7 Å². The lowest BCUT2D eigenvalue weighted by Gasteiger charge is -2.24. The number of ether oxygens (including phenoxy) is 1. The summed E-state index contributed by atoms with van der Waals surface area (Å²) in [4.78, 5) is 12.7. The lowest BCUT2D eigenvalue weighted by atomic mass is 10.4. The van der Waals surface area contributed by atoms with E-state index in [0.717, 1.165) is 4.90 Å². The highest BCUT2D eigenvalue weighted by Crippen LogP contribution is 2.46. The fourth-order valence-electron chi connectivity index (χ4n) is 1.02. The third-order valence-electron chi connectivity index (χ3n) is 1.92. The molecule has 0 aliphatic carbocycles. The molecule has 0 aromatic rings. The molecule has 0 unspecified atom stereocenters. The number of nitriles is 1. The highest BCUT2D eigenvalue weighted by atomic mass is 31.2. The Morgan fingerprint density at radius 3 is 2.41 bits per heavy atom. The van der Waals surface area contributed by atoms with Gasteiger partial charge in [0.05, 0.1) is 19.1 Å². The van der Waals surface area contributed by atoms with Gasteiger partial charge in [0, 0.05) is 20.8 Å². The van der Waals surface area contributed by atoms with Gasteiger partial charge in [-0.2, -0.15) is 5.26 Å². The topological polar surface area (TPSA) is 88.9 Å². The van der Waals surface area contributed by atoms with E-state index in [2.05, 4.69) is 0 Å². The van der Waals surface area contributed by atoms with Crippen LogP contribution in [0.1, 0.15) is 13.3 Å². The zero-order chi connectivity index (χ0) is 13.3. The molecular weight excluding hydrogens is 247 g/mol. The third kappa shape index (κ3) is 5.68. The van der Waals surface area contributed by atoms with Gasteiger partial charge in [0.25, 0.3) is 0 Å². The minimum absolute atomic E-state index is 0.117. The van der Waals surface area contributed by atoms with E-state index in [1.165, 1.54) is 14.2 Å². The number of nitrogens with zero attached hydrogens (tertiary/aromatic N) is 2. The van der Waals surface area contributed by atoms with Gasteiger partial charge in [0.1, 0.15) is 6.29 Å². The van der Waals surface area contributed by atoms with Gasteiger partial charge >= 0.3 is 13.7 Å². The molecule has 0 spiro atoms. The highest BCUT2D eigenvalue weighted by molar-refractivity contribution is 7.53. The molecule has 0 aliphatic heterocycles. The van der Waals surface area contributed by atoms with E-state index in [4.69, 9.17) is 19.0 Å². The van der Waals surface area contributed by atoms with Gasteiger partial charge in [0.2, 0.25) is 0 Å². The molecule has 0 saturated carbocycles. The zero-order valence-corrected chi connectivity index (χ0v) is 11.1. The molecule has 0 bridgehead atoms. The second kappa shape index (κ2) is 8.07. The van der Waals surface area contributed by atoms with Gasteiger partial charge in [-0.1, -0.05) is 0 Å². The van der Waals surface area contributed by atoms with Crippen molar-refractivity contribution >= 4 is 13.7 Å². The summed E-state index contributed by atoms with van der Waals surface area (Å²) in [5, 5.41) is 8.48. The molecule has 0 fully saturated rings. The van der Waals surface area contributed by atoms with E-state index in [1.807, 2.05) is 6.07 Å². The van der Waals surface area contributed by atoms with Crippen molar-refractivity contribution in [1.82, 2.24) is 4.90 Å². The van der Waals surface area contributed by atoms with Crippen LogP contribution in [0.5, 0.6) is 0 Å². The van der Waals surface area contributed by atoms with E-state index in [-0.39, 0.29) is 25.9 Å². The van der Waals surface area contributed by atoms with Crippen molar-refractivity contribution in [3.05, 3.63) is 0 Å². The molecular formula is C9H17N2O5P. The molecule has 0 aromatic heterocycles. The van der Waals surface area contributed by atoms with Gasteiger partial charge < -0.3 is 13.8 Å². The number of hydrogen-bond acceptors (Lipinski definition) is 6. The first kappa shape index (κ1) is 15.9. The average Bonchev–Trinajstić information content (AvgIpc) is 2.34. The van der Waals surface area contributed by atoms with Crippen molar-refractivity contribution in [2.45, 2.75) is 13.3 Å². The largest absolute Gasteiger partial charge is 0.450 e. The van der Waals surface area contributed by atoms with Gasteiger partial charge in [-0.3, -0.25) is 9.46 Å². The third-order valence-corrected chi connectivity index (χ3v) is 3.72.